The lowest BCUT2D eigenvalue weighted by Crippen LogP contribution is -2.46. The predicted molar refractivity (Wildman–Crippen MR) is 156 cm³/mol. The Balaban J connectivity index is 1.86. The summed E-state index contributed by atoms with van der Waals surface area (Å²) in [6.45, 7) is 10.4. The zero-order valence-electron chi connectivity index (χ0n) is 25.4. The number of aromatic nitrogens is 2. The van der Waals surface area contributed by atoms with Crippen LogP contribution in [0, 0.1) is 11.8 Å². The molecular weight excluding hydrogens is 524 g/mol. The molecule has 0 radical (unpaired) electrons. The fourth-order valence-electron chi connectivity index (χ4n) is 5.46. The van der Waals surface area contributed by atoms with Crippen molar-refractivity contribution >= 4 is 23.6 Å². The summed E-state index contributed by atoms with van der Waals surface area (Å²) < 4.78 is 1.96. The smallest absolute Gasteiger partial charge is 0.272 e. The van der Waals surface area contributed by atoms with E-state index in [2.05, 4.69) is 38.3 Å². The van der Waals surface area contributed by atoms with Crippen molar-refractivity contribution in [3.63, 3.8) is 0 Å². The topological polar surface area (TPSA) is 137 Å². The molecule has 1 aliphatic heterocycles. The van der Waals surface area contributed by atoms with E-state index in [1.807, 2.05) is 4.68 Å². The van der Waals surface area contributed by atoms with Crippen molar-refractivity contribution in [3.8, 4) is 0 Å². The maximum atomic E-state index is 13.4. The third kappa shape index (κ3) is 9.83. The molecule has 0 saturated carbocycles. The number of fused-ring (bicyclic) bond motifs is 1. The van der Waals surface area contributed by atoms with Gasteiger partial charge in [-0.2, -0.15) is 5.10 Å². The van der Waals surface area contributed by atoms with E-state index in [1.165, 1.54) is 4.90 Å². The molecule has 41 heavy (non-hydrogen) atoms. The van der Waals surface area contributed by atoms with Crippen LogP contribution in [0.4, 0.5) is 0 Å². The molecule has 4 amide bonds. The largest absolute Gasteiger partial charge is 0.396 e. The van der Waals surface area contributed by atoms with E-state index in [0.29, 0.717) is 69.3 Å². The van der Waals surface area contributed by atoms with E-state index in [4.69, 9.17) is 5.10 Å². The van der Waals surface area contributed by atoms with E-state index >= 15 is 0 Å². The van der Waals surface area contributed by atoms with Gasteiger partial charge in [0.2, 0.25) is 17.7 Å². The third-order valence-electron chi connectivity index (χ3n) is 7.89. The highest BCUT2D eigenvalue weighted by molar-refractivity contribution is 5.94. The quantitative estimate of drug-likeness (QED) is 0.412. The maximum Gasteiger partial charge on any atom is 0.272 e. The number of aliphatic hydroxyl groups excluding tert-OH is 1. The number of amides is 4. The third-order valence-corrected chi connectivity index (χ3v) is 7.89. The summed E-state index contributed by atoms with van der Waals surface area (Å²) in [6, 6.07) is -0.163. The molecule has 1 aliphatic carbocycles. The van der Waals surface area contributed by atoms with Gasteiger partial charge in [0.15, 0.2) is 5.69 Å². The molecule has 2 bridgehead atoms. The molecule has 1 unspecified atom stereocenters. The summed E-state index contributed by atoms with van der Waals surface area (Å²) in [4.78, 5) is 55.8. The molecule has 11 heteroatoms. The summed E-state index contributed by atoms with van der Waals surface area (Å²) in [5, 5.41) is 20.1. The Kier molecular flexibility index (Phi) is 12.6. The fourth-order valence-corrected chi connectivity index (χ4v) is 5.46. The van der Waals surface area contributed by atoms with Crippen LogP contribution in [0.2, 0.25) is 0 Å². The number of rotatable bonds is 9. The number of nitrogens with zero attached hydrogens (tertiary/aromatic N) is 4. The number of carbonyl (C=O) groups excluding carboxylic acids is 4. The van der Waals surface area contributed by atoms with Crippen molar-refractivity contribution in [3.05, 3.63) is 17.0 Å². The van der Waals surface area contributed by atoms with Crippen LogP contribution in [0.25, 0.3) is 0 Å². The maximum absolute atomic E-state index is 13.4. The van der Waals surface area contributed by atoms with Crippen LogP contribution in [-0.4, -0.2) is 93.7 Å². The van der Waals surface area contributed by atoms with Gasteiger partial charge in [-0.1, -0.05) is 27.7 Å². The first-order valence-electron chi connectivity index (χ1n) is 15.4. The minimum atomic E-state index is -0.263. The lowest BCUT2D eigenvalue weighted by Gasteiger charge is -2.27. The lowest BCUT2D eigenvalue weighted by atomic mass is 9.91. The van der Waals surface area contributed by atoms with Gasteiger partial charge in [-0.3, -0.25) is 23.9 Å². The van der Waals surface area contributed by atoms with E-state index in [9.17, 15) is 24.3 Å². The fraction of sp³-hybridized carbons (Fsp3) is 0.767. The van der Waals surface area contributed by atoms with Gasteiger partial charge in [0, 0.05) is 69.5 Å². The molecule has 3 rings (SSSR count). The van der Waals surface area contributed by atoms with Gasteiger partial charge in [0.25, 0.3) is 5.91 Å². The molecule has 0 saturated heterocycles. The Bertz CT molecular complexity index is 1050. The summed E-state index contributed by atoms with van der Waals surface area (Å²) in [5.74, 6) is 0.215. The normalized spacial score (nSPS) is 19.4. The average Bonchev–Trinajstić information content (AvgIpc) is 3.29. The summed E-state index contributed by atoms with van der Waals surface area (Å²) in [5.41, 5.74) is 2.30. The Hall–Kier alpha value is -2.95. The standard InChI is InChI=1S/C30H50N6O5/c1-21(2)8-11-28(40)34-14-5-7-27(39)35(15-6-18-37)20-26(38)32-23-9-10-25-24(19-23)29(30(41)31-13-17-34)33-36(25)16-12-22(3)4/h21-23,37H,5-20H2,1-4H3,(H,31,41)(H,32,38). The average molecular weight is 575 g/mol. The molecule has 1 atom stereocenters. The van der Waals surface area contributed by atoms with Crippen LogP contribution in [0.5, 0.6) is 0 Å². The van der Waals surface area contributed by atoms with E-state index in [0.717, 1.165) is 37.1 Å². The molecule has 0 aromatic carbocycles. The molecule has 1 aromatic rings. The number of hydrogen-bond donors (Lipinski definition) is 3. The second-order valence-corrected chi connectivity index (χ2v) is 12.3. The Labute approximate surface area is 244 Å². The van der Waals surface area contributed by atoms with Crippen molar-refractivity contribution in [2.24, 2.45) is 11.8 Å². The van der Waals surface area contributed by atoms with Crippen molar-refractivity contribution < 1.29 is 24.3 Å². The Morgan fingerprint density at radius 2 is 1.80 bits per heavy atom. The van der Waals surface area contributed by atoms with Crippen LogP contribution in [-0.2, 0) is 33.8 Å². The highest BCUT2D eigenvalue weighted by Gasteiger charge is 2.31. The zero-order valence-corrected chi connectivity index (χ0v) is 25.4. The number of nitrogens with one attached hydrogen (secondary N) is 2. The Morgan fingerprint density at radius 1 is 1.05 bits per heavy atom. The molecule has 0 spiro atoms. The van der Waals surface area contributed by atoms with Gasteiger partial charge in [-0.25, -0.2) is 0 Å². The highest BCUT2D eigenvalue weighted by atomic mass is 16.3. The van der Waals surface area contributed by atoms with Gasteiger partial charge in [-0.05, 0) is 56.8 Å². The number of aryl methyl sites for hydroxylation is 1. The van der Waals surface area contributed by atoms with Crippen molar-refractivity contribution in [2.45, 2.75) is 98.1 Å². The first-order chi connectivity index (χ1) is 19.6. The molecule has 11 nitrogen and oxygen atoms in total. The minimum absolute atomic E-state index is 0.00742. The highest BCUT2D eigenvalue weighted by Crippen LogP contribution is 2.26. The van der Waals surface area contributed by atoms with Gasteiger partial charge in [0.05, 0.1) is 6.54 Å². The lowest BCUT2D eigenvalue weighted by molar-refractivity contribution is -0.137. The van der Waals surface area contributed by atoms with Crippen LogP contribution >= 0.6 is 0 Å². The number of carbonyl (C=O) groups is 4. The monoisotopic (exact) mass is 574 g/mol. The first kappa shape index (κ1) is 32.6. The van der Waals surface area contributed by atoms with Crippen LogP contribution in [0.1, 0.15) is 94.4 Å². The van der Waals surface area contributed by atoms with Gasteiger partial charge < -0.3 is 25.5 Å². The summed E-state index contributed by atoms with van der Waals surface area (Å²) in [7, 11) is 0. The molecule has 1 aromatic heterocycles. The molecule has 230 valence electrons. The molecule has 2 heterocycles. The predicted octanol–water partition coefficient (Wildman–Crippen LogP) is 1.90. The van der Waals surface area contributed by atoms with Gasteiger partial charge >= 0.3 is 0 Å². The van der Waals surface area contributed by atoms with Gasteiger partial charge in [0.1, 0.15) is 0 Å². The molecular formula is C30H50N6O5. The van der Waals surface area contributed by atoms with E-state index in [1.54, 1.807) is 4.90 Å². The van der Waals surface area contributed by atoms with E-state index < -0.39 is 0 Å². The van der Waals surface area contributed by atoms with Crippen LogP contribution in [0.3, 0.4) is 0 Å². The van der Waals surface area contributed by atoms with Crippen molar-refractivity contribution in [1.82, 2.24) is 30.2 Å². The van der Waals surface area contributed by atoms with Gasteiger partial charge in [-0.15, -0.1) is 0 Å². The number of aliphatic hydroxyl groups is 1. The first-order valence-corrected chi connectivity index (χ1v) is 15.4. The Morgan fingerprint density at radius 3 is 2.51 bits per heavy atom. The molecule has 3 N–H and O–H groups in total. The second-order valence-electron chi connectivity index (χ2n) is 12.3. The SMILES string of the molecule is CC(C)CCC(=O)N1CCCC(=O)N(CCCO)CC(=O)NC2CCc3c(c(nn3CCC(C)C)C(=O)NCC1)C2. The van der Waals surface area contributed by atoms with Crippen molar-refractivity contribution in [1.29, 1.82) is 0 Å². The molecule has 0 fully saturated rings. The summed E-state index contributed by atoms with van der Waals surface area (Å²) >= 11 is 0. The zero-order chi connectivity index (χ0) is 29.9. The van der Waals surface area contributed by atoms with E-state index in [-0.39, 0.29) is 55.8 Å². The summed E-state index contributed by atoms with van der Waals surface area (Å²) in [6.07, 6.45) is 5.09. The minimum Gasteiger partial charge on any atom is -0.396 e. The molecule has 2 aliphatic rings. The van der Waals surface area contributed by atoms with Crippen LogP contribution in [0.15, 0.2) is 0 Å². The second kappa shape index (κ2) is 15.9. The van der Waals surface area contributed by atoms with Crippen molar-refractivity contribution in [2.75, 3.05) is 39.3 Å². The van der Waals surface area contributed by atoms with Crippen LogP contribution < -0.4 is 10.6 Å². The number of hydrogen-bond acceptors (Lipinski definition) is 6.